The molecule has 0 fully saturated rings. The van der Waals surface area contributed by atoms with Gasteiger partial charge in [0.2, 0.25) is 0 Å². The summed E-state index contributed by atoms with van der Waals surface area (Å²) in [6.45, 7) is 3.23. The van der Waals surface area contributed by atoms with Crippen LogP contribution in [0.2, 0.25) is 0 Å². The maximum atomic E-state index is 10.8. The number of rotatable bonds is 3. The van der Waals surface area contributed by atoms with Crippen molar-refractivity contribution in [2.75, 3.05) is 0 Å². The molecule has 0 amide bonds. The Morgan fingerprint density at radius 1 is 1.64 bits per heavy atom. The molecule has 0 saturated heterocycles. The van der Waals surface area contributed by atoms with Crippen LogP contribution < -0.4 is 0 Å². The van der Waals surface area contributed by atoms with Crippen molar-refractivity contribution in [2.24, 2.45) is 7.05 Å². The fourth-order valence-corrected chi connectivity index (χ4v) is 1.36. The predicted octanol–water partition coefficient (Wildman–Crippen LogP) is 0.805. The molecular formula is C8H11N3O3. The minimum atomic E-state index is -0.895. The van der Waals surface area contributed by atoms with Gasteiger partial charge in [-0.3, -0.25) is 14.8 Å². The van der Waals surface area contributed by atoms with E-state index in [2.05, 4.69) is 5.10 Å². The molecule has 0 unspecified atom stereocenters. The number of aryl methyl sites for hydroxylation is 1. The van der Waals surface area contributed by atoms with Gasteiger partial charge in [0.05, 0.1) is 10.3 Å². The summed E-state index contributed by atoms with van der Waals surface area (Å²) in [6.07, 6.45) is 1.83. The van der Waals surface area contributed by atoms with E-state index < -0.39 is 10.3 Å². The number of carbonyl (C=O) groups excluding carboxylic acids is 1. The second-order valence-corrected chi connectivity index (χ2v) is 3.60. The molecule has 1 aromatic rings. The smallest absolute Gasteiger partial charge is 0.302 e. The monoisotopic (exact) mass is 197 g/mol. The second kappa shape index (κ2) is 3.21. The van der Waals surface area contributed by atoms with Gasteiger partial charge in [0, 0.05) is 7.05 Å². The van der Waals surface area contributed by atoms with Gasteiger partial charge in [0.1, 0.15) is 18.2 Å². The van der Waals surface area contributed by atoms with E-state index in [-0.39, 0.29) is 5.69 Å². The minimum absolute atomic E-state index is 0.121. The molecule has 0 aromatic carbocycles. The van der Waals surface area contributed by atoms with E-state index in [9.17, 15) is 14.9 Å². The lowest BCUT2D eigenvalue weighted by atomic mass is 9.90. The highest BCUT2D eigenvalue weighted by molar-refractivity contribution is 5.68. The molecular weight excluding hydrogens is 186 g/mol. The molecule has 14 heavy (non-hydrogen) atoms. The Kier molecular flexibility index (Phi) is 2.37. The first-order valence-corrected chi connectivity index (χ1v) is 4.03. The molecule has 0 saturated carbocycles. The molecule has 6 heteroatoms. The quantitative estimate of drug-likeness (QED) is 0.408. The van der Waals surface area contributed by atoms with Crippen molar-refractivity contribution in [3.05, 3.63) is 22.0 Å². The maximum absolute atomic E-state index is 10.8. The number of aldehydes is 1. The summed E-state index contributed by atoms with van der Waals surface area (Å²) in [5.41, 5.74) is -0.699. The fourth-order valence-electron chi connectivity index (χ4n) is 1.36. The first-order chi connectivity index (χ1) is 6.40. The third-order valence-corrected chi connectivity index (χ3v) is 2.02. The van der Waals surface area contributed by atoms with Gasteiger partial charge in [-0.15, -0.1) is 0 Å². The number of nitro groups is 1. The van der Waals surface area contributed by atoms with E-state index in [1.807, 2.05) is 0 Å². The zero-order chi connectivity index (χ0) is 10.9. The van der Waals surface area contributed by atoms with E-state index in [1.165, 1.54) is 4.68 Å². The first-order valence-electron chi connectivity index (χ1n) is 4.03. The lowest BCUT2D eigenvalue weighted by molar-refractivity contribution is -0.386. The van der Waals surface area contributed by atoms with Crippen LogP contribution in [-0.4, -0.2) is 21.0 Å². The number of nitrogens with zero attached hydrogens (tertiary/aromatic N) is 3. The summed E-state index contributed by atoms with van der Waals surface area (Å²) < 4.78 is 1.35. The van der Waals surface area contributed by atoms with Crippen LogP contribution >= 0.6 is 0 Å². The average Bonchev–Trinajstić information content (AvgIpc) is 2.47. The Labute approximate surface area is 80.7 Å². The topological polar surface area (TPSA) is 78.0 Å². The summed E-state index contributed by atoms with van der Waals surface area (Å²) in [5, 5.41) is 14.4. The molecule has 1 heterocycles. The summed E-state index contributed by atoms with van der Waals surface area (Å²) in [4.78, 5) is 20.9. The third-order valence-electron chi connectivity index (χ3n) is 2.02. The molecule has 0 N–H and O–H groups in total. The lowest BCUT2D eigenvalue weighted by Crippen LogP contribution is -2.23. The molecule has 0 bridgehead atoms. The van der Waals surface area contributed by atoms with Crippen LogP contribution in [0.4, 0.5) is 5.69 Å². The molecule has 0 aliphatic carbocycles. The third kappa shape index (κ3) is 1.50. The van der Waals surface area contributed by atoms with Crippen LogP contribution in [-0.2, 0) is 17.3 Å². The molecule has 1 aromatic heterocycles. The molecule has 0 atom stereocenters. The highest BCUT2D eigenvalue weighted by Gasteiger charge is 2.32. The molecule has 6 nitrogen and oxygen atoms in total. The fraction of sp³-hybridized carbons (Fsp3) is 0.500. The van der Waals surface area contributed by atoms with Crippen molar-refractivity contribution in [1.82, 2.24) is 9.78 Å². The molecule has 0 aliphatic rings. The second-order valence-electron chi connectivity index (χ2n) is 3.60. The Morgan fingerprint density at radius 2 is 2.21 bits per heavy atom. The highest BCUT2D eigenvalue weighted by atomic mass is 16.6. The van der Waals surface area contributed by atoms with E-state index in [4.69, 9.17) is 0 Å². The zero-order valence-corrected chi connectivity index (χ0v) is 8.22. The Morgan fingerprint density at radius 3 is 2.64 bits per heavy atom. The zero-order valence-electron chi connectivity index (χ0n) is 8.22. The van der Waals surface area contributed by atoms with Crippen molar-refractivity contribution in [3.63, 3.8) is 0 Å². The van der Waals surface area contributed by atoms with Crippen molar-refractivity contribution in [3.8, 4) is 0 Å². The van der Waals surface area contributed by atoms with Crippen LogP contribution in [0.15, 0.2) is 6.20 Å². The maximum Gasteiger partial charge on any atom is 0.311 e. The molecule has 0 spiro atoms. The Bertz CT molecular complexity index is 381. The number of aromatic nitrogens is 2. The van der Waals surface area contributed by atoms with Crippen molar-refractivity contribution in [1.29, 1.82) is 0 Å². The normalized spacial score (nSPS) is 11.4. The standard InChI is InChI=1S/C8H11N3O3/c1-8(2,5-12)7-6(11(13)14)4-9-10(7)3/h4-5H,1-3H3. The Hall–Kier alpha value is -1.72. The average molecular weight is 197 g/mol. The van der Waals surface area contributed by atoms with Gasteiger partial charge in [0.15, 0.2) is 0 Å². The SMILES string of the molecule is Cn1ncc([N+](=O)[O-])c1C(C)(C)C=O. The van der Waals surface area contributed by atoms with Crippen LogP contribution in [0.1, 0.15) is 19.5 Å². The van der Waals surface area contributed by atoms with Crippen molar-refractivity contribution >= 4 is 12.0 Å². The molecule has 76 valence electrons. The lowest BCUT2D eigenvalue weighted by Gasteiger charge is -2.15. The van der Waals surface area contributed by atoms with Crippen LogP contribution in [0, 0.1) is 10.1 Å². The Balaban J connectivity index is 3.38. The van der Waals surface area contributed by atoms with Gasteiger partial charge < -0.3 is 4.79 Å². The van der Waals surface area contributed by atoms with Crippen molar-refractivity contribution < 1.29 is 9.72 Å². The minimum Gasteiger partial charge on any atom is -0.302 e. The van der Waals surface area contributed by atoms with Gasteiger partial charge in [-0.25, -0.2) is 0 Å². The molecule has 0 radical (unpaired) electrons. The van der Waals surface area contributed by atoms with E-state index >= 15 is 0 Å². The van der Waals surface area contributed by atoms with Crippen LogP contribution in [0.25, 0.3) is 0 Å². The summed E-state index contributed by atoms with van der Waals surface area (Å²) >= 11 is 0. The number of carbonyl (C=O) groups is 1. The number of hydrogen-bond donors (Lipinski definition) is 0. The molecule has 0 aliphatic heterocycles. The van der Waals surface area contributed by atoms with Gasteiger partial charge in [0.25, 0.3) is 0 Å². The van der Waals surface area contributed by atoms with Gasteiger partial charge >= 0.3 is 5.69 Å². The van der Waals surface area contributed by atoms with Crippen LogP contribution in [0.5, 0.6) is 0 Å². The first kappa shape index (κ1) is 10.4. The largest absolute Gasteiger partial charge is 0.311 e. The van der Waals surface area contributed by atoms with E-state index in [1.54, 1.807) is 20.9 Å². The molecule has 1 rings (SSSR count). The van der Waals surface area contributed by atoms with E-state index in [0.717, 1.165) is 6.20 Å². The van der Waals surface area contributed by atoms with Crippen LogP contribution in [0.3, 0.4) is 0 Å². The van der Waals surface area contributed by atoms with Gasteiger partial charge in [-0.05, 0) is 13.8 Å². The number of hydrogen-bond acceptors (Lipinski definition) is 4. The summed E-state index contributed by atoms with van der Waals surface area (Å²) in [6, 6.07) is 0. The van der Waals surface area contributed by atoms with Gasteiger partial charge in [-0.1, -0.05) is 0 Å². The highest BCUT2D eigenvalue weighted by Crippen LogP contribution is 2.28. The van der Waals surface area contributed by atoms with Crippen molar-refractivity contribution in [2.45, 2.75) is 19.3 Å². The van der Waals surface area contributed by atoms with E-state index in [0.29, 0.717) is 12.0 Å². The van der Waals surface area contributed by atoms with Gasteiger partial charge in [-0.2, -0.15) is 5.10 Å². The summed E-state index contributed by atoms with van der Waals surface area (Å²) in [5.74, 6) is 0. The predicted molar refractivity (Wildman–Crippen MR) is 49.0 cm³/mol. The summed E-state index contributed by atoms with van der Waals surface area (Å²) in [7, 11) is 1.58.